The molecule has 0 saturated carbocycles. The molecule has 0 aliphatic carbocycles. The Bertz CT molecular complexity index is 1140. The number of hydrogen-bond donors (Lipinski definition) is 3. The van der Waals surface area contributed by atoms with E-state index in [4.69, 9.17) is 9.84 Å². The molecular formula is C25H23NO6. The highest BCUT2D eigenvalue weighted by Crippen LogP contribution is 2.34. The SMILES string of the molecule is O=C(O)/C=C/CCC[C@H](OC(=O)NC(=O)c1ccccc1)c1ccc(O)c2ccccc12. The highest BCUT2D eigenvalue weighted by Gasteiger charge is 2.21. The number of unbranched alkanes of at least 4 members (excludes halogenated alkanes) is 1. The monoisotopic (exact) mass is 433 g/mol. The van der Waals surface area contributed by atoms with Crippen LogP contribution in [0.4, 0.5) is 4.79 Å². The first-order valence-corrected chi connectivity index (χ1v) is 10.1. The molecule has 0 aliphatic rings. The van der Waals surface area contributed by atoms with Crippen LogP contribution >= 0.6 is 0 Å². The Morgan fingerprint density at radius 2 is 1.62 bits per heavy atom. The summed E-state index contributed by atoms with van der Waals surface area (Å²) in [4.78, 5) is 35.4. The van der Waals surface area contributed by atoms with Crippen LogP contribution in [0.5, 0.6) is 5.75 Å². The number of allylic oxidation sites excluding steroid dienone is 1. The number of phenols is 1. The van der Waals surface area contributed by atoms with Crippen molar-refractivity contribution in [2.45, 2.75) is 25.4 Å². The number of rotatable bonds is 8. The molecule has 7 heteroatoms. The summed E-state index contributed by atoms with van der Waals surface area (Å²) in [6.07, 6.45) is 2.43. The van der Waals surface area contributed by atoms with Crippen LogP contribution in [0, 0.1) is 0 Å². The molecule has 0 radical (unpaired) electrons. The number of fused-ring (bicyclic) bond motifs is 1. The lowest BCUT2D eigenvalue weighted by Gasteiger charge is -2.20. The number of alkyl carbamates (subject to hydrolysis) is 1. The van der Waals surface area contributed by atoms with E-state index in [2.05, 4.69) is 5.32 Å². The fourth-order valence-electron chi connectivity index (χ4n) is 3.38. The smallest absolute Gasteiger partial charge is 0.414 e. The zero-order valence-electron chi connectivity index (χ0n) is 17.2. The molecule has 0 heterocycles. The first-order valence-electron chi connectivity index (χ1n) is 10.1. The number of carbonyl (C=O) groups is 3. The van der Waals surface area contributed by atoms with Gasteiger partial charge in [-0.1, -0.05) is 54.6 Å². The van der Waals surface area contributed by atoms with Gasteiger partial charge in [-0.25, -0.2) is 9.59 Å². The van der Waals surface area contributed by atoms with Crippen LogP contribution in [0.2, 0.25) is 0 Å². The largest absolute Gasteiger partial charge is 0.507 e. The van der Waals surface area contributed by atoms with Crippen molar-refractivity contribution in [2.75, 3.05) is 0 Å². The third kappa shape index (κ3) is 5.95. The molecule has 2 amide bonds. The van der Waals surface area contributed by atoms with Gasteiger partial charge < -0.3 is 14.9 Å². The maximum Gasteiger partial charge on any atom is 0.414 e. The Kier molecular flexibility index (Phi) is 7.59. The molecule has 32 heavy (non-hydrogen) atoms. The van der Waals surface area contributed by atoms with Gasteiger partial charge in [-0.2, -0.15) is 0 Å². The Morgan fingerprint density at radius 3 is 2.34 bits per heavy atom. The van der Waals surface area contributed by atoms with Gasteiger partial charge in [-0.3, -0.25) is 10.1 Å². The molecular weight excluding hydrogens is 410 g/mol. The van der Waals surface area contributed by atoms with Crippen molar-refractivity contribution in [3.8, 4) is 5.75 Å². The van der Waals surface area contributed by atoms with Crippen molar-refractivity contribution in [2.24, 2.45) is 0 Å². The van der Waals surface area contributed by atoms with Crippen molar-refractivity contribution < 1.29 is 29.3 Å². The second-order valence-electron chi connectivity index (χ2n) is 7.11. The Labute approximate surface area is 185 Å². The van der Waals surface area contributed by atoms with Gasteiger partial charge in [0.2, 0.25) is 0 Å². The summed E-state index contributed by atoms with van der Waals surface area (Å²) in [6.45, 7) is 0. The standard InChI is InChI=1S/C25H23NO6/c27-21-16-15-20(18-11-7-8-12-19(18)21)22(13-5-2-6-14-23(28)29)32-25(31)26-24(30)17-9-3-1-4-10-17/h1,3-4,6-12,14-16,22,27H,2,5,13H2,(H,28,29)(H,26,30,31)/b14-6+/t22-/m0/s1. The Hall–Kier alpha value is -4.13. The topological polar surface area (TPSA) is 113 Å². The number of carbonyl (C=O) groups excluding carboxylic acids is 2. The van der Waals surface area contributed by atoms with Crippen molar-refractivity contribution in [3.63, 3.8) is 0 Å². The van der Waals surface area contributed by atoms with Gasteiger partial charge in [0, 0.05) is 22.6 Å². The number of aromatic hydroxyl groups is 1. The summed E-state index contributed by atoms with van der Waals surface area (Å²) >= 11 is 0. The summed E-state index contributed by atoms with van der Waals surface area (Å²) < 4.78 is 5.61. The number of carboxylic acids is 1. The molecule has 0 fully saturated rings. The third-order valence-electron chi connectivity index (χ3n) is 4.88. The molecule has 0 saturated heterocycles. The third-order valence-corrected chi connectivity index (χ3v) is 4.88. The highest BCUT2D eigenvalue weighted by molar-refractivity contribution is 6.02. The average molecular weight is 433 g/mol. The van der Waals surface area contributed by atoms with Gasteiger partial charge >= 0.3 is 12.1 Å². The molecule has 0 bridgehead atoms. The minimum Gasteiger partial charge on any atom is -0.507 e. The second-order valence-corrected chi connectivity index (χ2v) is 7.11. The van der Waals surface area contributed by atoms with Crippen LogP contribution in [0.15, 0.2) is 78.9 Å². The van der Waals surface area contributed by atoms with Crippen LogP contribution in [-0.2, 0) is 9.53 Å². The number of nitrogens with one attached hydrogen (secondary N) is 1. The van der Waals surface area contributed by atoms with Gasteiger partial charge in [0.15, 0.2) is 0 Å². The van der Waals surface area contributed by atoms with E-state index in [-0.39, 0.29) is 5.75 Å². The predicted octanol–water partition coefficient (Wildman–Crippen LogP) is 4.96. The Morgan fingerprint density at radius 1 is 0.938 bits per heavy atom. The quantitative estimate of drug-likeness (QED) is 0.342. The van der Waals surface area contributed by atoms with E-state index in [1.807, 2.05) is 12.1 Å². The molecule has 3 rings (SSSR count). The summed E-state index contributed by atoms with van der Waals surface area (Å²) in [5, 5.41) is 22.5. The van der Waals surface area contributed by atoms with Gasteiger partial charge in [-0.05, 0) is 42.8 Å². The van der Waals surface area contributed by atoms with Crippen LogP contribution in [0.25, 0.3) is 10.8 Å². The van der Waals surface area contributed by atoms with E-state index < -0.39 is 24.1 Å². The van der Waals surface area contributed by atoms with Crippen molar-refractivity contribution in [1.82, 2.24) is 5.32 Å². The molecule has 0 aliphatic heterocycles. The first-order chi connectivity index (χ1) is 15.5. The van der Waals surface area contributed by atoms with Crippen LogP contribution < -0.4 is 5.32 Å². The number of amides is 2. The van der Waals surface area contributed by atoms with E-state index in [1.165, 1.54) is 12.1 Å². The lowest BCUT2D eigenvalue weighted by molar-refractivity contribution is -0.131. The van der Waals surface area contributed by atoms with Crippen molar-refractivity contribution >= 4 is 28.7 Å². The Balaban J connectivity index is 1.80. The maximum atomic E-state index is 12.5. The average Bonchev–Trinajstić information content (AvgIpc) is 2.79. The fraction of sp³-hybridized carbons (Fsp3) is 0.160. The van der Waals surface area contributed by atoms with E-state index >= 15 is 0 Å². The number of benzene rings is 3. The molecule has 3 aromatic rings. The highest BCUT2D eigenvalue weighted by atomic mass is 16.6. The van der Waals surface area contributed by atoms with Crippen molar-refractivity contribution in [1.29, 1.82) is 0 Å². The van der Waals surface area contributed by atoms with Gasteiger partial charge in [0.05, 0.1) is 0 Å². The molecule has 0 unspecified atom stereocenters. The molecule has 7 nitrogen and oxygen atoms in total. The van der Waals surface area contributed by atoms with Crippen molar-refractivity contribution in [3.05, 3.63) is 90.0 Å². The number of ether oxygens (including phenoxy) is 1. The van der Waals surface area contributed by atoms with E-state index in [1.54, 1.807) is 48.5 Å². The van der Waals surface area contributed by atoms with E-state index in [9.17, 15) is 19.5 Å². The van der Waals surface area contributed by atoms with Gasteiger partial charge in [0.25, 0.3) is 5.91 Å². The predicted molar refractivity (Wildman–Crippen MR) is 119 cm³/mol. The minimum atomic E-state index is -1.03. The maximum absolute atomic E-state index is 12.5. The lowest BCUT2D eigenvalue weighted by atomic mass is 9.96. The van der Waals surface area contributed by atoms with Crippen LogP contribution in [-0.4, -0.2) is 28.2 Å². The normalized spacial score (nSPS) is 11.9. The van der Waals surface area contributed by atoms with E-state index in [0.29, 0.717) is 35.8 Å². The fourth-order valence-corrected chi connectivity index (χ4v) is 3.38. The number of aliphatic carboxylic acids is 1. The van der Waals surface area contributed by atoms with Gasteiger partial charge in [0.1, 0.15) is 11.9 Å². The summed E-state index contributed by atoms with van der Waals surface area (Å²) in [7, 11) is 0. The summed E-state index contributed by atoms with van der Waals surface area (Å²) in [6, 6.07) is 18.7. The zero-order valence-corrected chi connectivity index (χ0v) is 17.2. The zero-order chi connectivity index (χ0) is 22.9. The van der Waals surface area contributed by atoms with Crippen LogP contribution in [0.3, 0.4) is 0 Å². The van der Waals surface area contributed by atoms with Crippen LogP contribution in [0.1, 0.15) is 41.3 Å². The van der Waals surface area contributed by atoms with Gasteiger partial charge in [-0.15, -0.1) is 0 Å². The summed E-state index contributed by atoms with van der Waals surface area (Å²) in [5.41, 5.74) is 1.01. The number of imide groups is 1. The van der Waals surface area contributed by atoms with E-state index in [0.717, 1.165) is 11.5 Å². The second kappa shape index (κ2) is 10.8. The summed E-state index contributed by atoms with van der Waals surface area (Å²) in [5.74, 6) is -1.49. The molecule has 0 aromatic heterocycles. The number of carboxylic acid groups (broad SMARTS) is 1. The molecule has 1 atom stereocenters. The molecule has 3 aromatic carbocycles. The molecule has 3 N–H and O–H groups in total. The number of hydrogen-bond acceptors (Lipinski definition) is 5. The minimum absolute atomic E-state index is 0.108. The number of phenolic OH excluding ortho intramolecular Hbond substituents is 1. The molecule has 0 spiro atoms. The lowest BCUT2D eigenvalue weighted by Crippen LogP contribution is -2.32. The first kappa shape index (κ1) is 22.6. The molecule has 164 valence electrons.